The lowest BCUT2D eigenvalue weighted by Crippen LogP contribution is -2.32. The van der Waals surface area contributed by atoms with Crippen molar-refractivity contribution < 1.29 is 13.2 Å². The maximum absolute atomic E-state index is 12.2. The van der Waals surface area contributed by atoms with Crippen molar-refractivity contribution in [3.05, 3.63) is 70.8 Å². The van der Waals surface area contributed by atoms with Gasteiger partial charge in [0.05, 0.1) is 5.75 Å². The van der Waals surface area contributed by atoms with Crippen molar-refractivity contribution >= 4 is 15.7 Å². The third kappa shape index (κ3) is 5.49. The van der Waals surface area contributed by atoms with Gasteiger partial charge in [-0.1, -0.05) is 59.7 Å². The standard InChI is InChI=1S/C19H23NO3S/c1-15-4-8-17(9-5-15)12-20(3)19(21)14-24(22,23)13-18-10-6-16(2)7-11-18/h4-11H,12-14H2,1-3H3. The van der Waals surface area contributed by atoms with Crippen LogP contribution in [0.5, 0.6) is 0 Å². The van der Waals surface area contributed by atoms with Gasteiger partial charge in [0.25, 0.3) is 0 Å². The molecule has 0 saturated carbocycles. The van der Waals surface area contributed by atoms with Crippen molar-refractivity contribution in [2.75, 3.05) is 12.8 Å². The Hall–Kier alpha value is -2.14. The smallest absolute Gasteiger partial charge is 0.237 e. The second kappa shape index (κ2) is 7.62. The first-order valence-electron chi connectivity index (χ1n) is 7.81. The quantitative estimate of drug-likeness (QED) is 0.809. The summed E-state index contributed by atoms with van der Waals surface area (Å²) in [6.45, 7) is 4.34. The molecule has 0 saturated heterocycles. The van der Waals surface area contributed by atoms with E-state index in [9.17, 15) is 13.2 Å². The molecule has 0 N–H and O–H groups in total. The van der Waals surface area contributed by atoms with E-state index in [2.05, 4.69) is 0 Å². The molecule has 0 radical (unpaired) electrons. The summed E-state index contributed by atoms with van der Waals surface area (Å²) < 4.78 is 24.5. The zero-order chi connectivity index (χ0) is 17.7. The zero-order valence-electron chi connectivity index (χ0n) is 14.3. The van der Waals surface area contributed by atoms with Gasteiger partial charge in [-0.2, -0.15) is 0 Å². The fourth-order valence-corrected chi connectivity index (χ4v) is 3.74. The summed E-state index contributed by atoms with van der Waals surface area (Å²) >= 11 is 0. The van der Waals surface area contributed by atoms with Crippen LogP contribution in [0.25, 0.3) is 0 Å². The third-order valence-electron chi connectivity index (χ3n) is 3.82. The molecule has 5 heteroatoms. The third-order valence-corrected chi connectivity index (χ3v) is 5.28. The Labute approximate surface area is 144 Å². The Morgan fingerprint density at radius 3 is 1.83 bits per heavy atom. The number of carbonyl (C=O) groups is 1. The summed E-state index contributed by atoms with van der Waals surface area (Å²) in [4.78, 5) is 13.7. The van der Waals surface area contributed by atoms with E-state index in [0.717, 1.165) is 16.7 Å². The van der Waals surface area contributed by atoms with Crippen LogP contribution in [0.2, 0.25) is 0 Å². The number of nitrogens with zero attached hydrogens (tertiary/aromatic N) is 1. The molecule has 0 bridgehead atoms. The first kappa shape index (κ1) is 18.2. The summed E-state index contributed by atoms with van der Waals surface area (Å²) in [6.07, 6.45) is 0. The van der Waals surface area contributed by atoms with Crippen LogP contribution in [0.4, 0.5) is 0 Å². The fraction of sp³-hybridized carbons (Fsp3) is 0.316. The highest BCUT2D eigenvalue weighted by molar-refractivity contribution is 7.91. The molecule has 0 heterocycles. The molecule has 0 unspecified atom stereocenters. The van der Waals surface area contributed by atoms with Gasteiger partial charge in [0, 0.05) is 13.6 Å². The molecule has 0 aliphatic heterocycles. The second-order valence-electron chi connectivity index (χ2n) is 6.25. The first-order chi connectivity index (χ1) is 11.2. The summed E-state index contributed by atoms with van der Waals surface area (Å²) in [7, 11) is -1.85. The fourth-order valence-electron chi connectivity index (χ4n) is 2.34. The van der Waals surface area contributed by atoms with Gasteiger partial charge in [0.1, 0.15) is 5.75 Å². The average molecular weight is 345 g/mol. The summed E-state index contributed by atoms with van der Waals surface area (Å²) in [5.41, 5.74) is 3.90. The highest BCUT2D eigenvalue weighted by Gasteiger charge is 2.20. The minimum atomic E-state index is -3.48. The van der Waals surface area contributed by atoms with E-state index in [-0.39, 0.29) is 11.7 Å². The molecule has 0 aromatic heterocycles. The van der Waals surface area contributed by atoms with E-state index < -0.39 is 15.6 Å². The van der Waals surface area contributed by atoms with Crippen LogP contribution in [0.1, 0.15) is 22.3 Å². The van der Waals surface area contributed by atoms with Gasteiger partial charge in [-0.05, 0) is 25.0 Å². The summed E-state index contributed by atoms with van der Waals surface area (Å²) in [5, 5.41) is 0. The number of rotatable bonds is 6. The first-order valence-corrected chi connectivity index (χ1v) is 9.63. The minimum absolute atomic E-state index is 0.114. The molecule has 2 aromatic carbocycles. The largest absolute Gasteiger partial charge is 0.341 e. The van der Waals surface area contributed by atoms with Gasteiger partial charge in [0.15, 0.2) is 9.84 Å². The molecule has 0 aliphatic rings. The molecule has 4 nitrogen and oxygen atoms in total. The van der Waals surface area contributed by atoms with Crippen molar-refractivity contribution in [2.24, 2.45) is 0 Å². The number of carbonyl (C=O) groups excluding carboxylic acids is 1. The Morgan fingerprint density at radius 2 is 1.33 bits per heavy atom. The van der Waals surface area contributed by atoms with Crippen molar-refractivity contribution in [3.63, 3.8) is 0 Å². The maximum Gasteiger partial charge on any atom is 0.237 e. The number of sulfone groups is 1. The molecule has 2 aromatic rings. The van der Waals surface area contributed by atoms with Crippen LogP contribution in [0.15, 0.2) is 48.5 Å². The average Bonchev–Trinajstić information content (AvgIpc) is 2.51. The van der Waals surface area contributed by atoms with Crippen LogP contribution in [-0.2, 0) is 26.9 Å². The molecule has 128 valence electrons. The Balaban J connectivity index is 1.96. The lowest BCUT2D eigenvalue weighted by atomic mass is 10.1. The summed E-state index contributed by atoms with van der Waals surface area (Å²) in [5.74, 6) is -0.969. The Morgan fingerprint density at radius 1 is 0.875 bits per heavy atom. The molecular formula is C19H23NO3S. The topological polar surface area (TPSA) is 54.5 Å². The van der Waals surface area contributed by atoms with Crippen LogP contribution < -0.4 is 0 Å². The highest BCUT2D eigenvalue weighted by Crippen LogP contribution is 2.10. The van der Waals surface area contributed by atoms with Gasteiger partial charge in [0.2, 0.25) is 5.91 Å². The zero-order valence-corrected chi connectivity index (χ0v) is 15.1. The number of aryl methyl sites for hydroxylation is 2. The lowest BCUT2D eigenvalue weighted by molar-refractivity contribution is -0.127. The van der Waals surface area contributed by atoms with Crippen LogP contribution in [0, 0.1) is 13.8 Å². The maximum atomic E-state index is 12.2. The van der Waals surface area contributed by atoms with E-state index >= 15 is 0 Å². The minimum Gasteiger partial charge on any atom is -0.341 e. The summed E-state index contributed by atoms with van der Waals surface area (Å²) in [6, 6.07) is 15.1. The van der Waals surface area contributed by atoms with Gasteiger partial charge >= 0.3 is 0 Å². The number of amides is 1. The molecule has 0 fully saturated rings. The predicted octanol–water partition coefficient (Wildman–Crippen LogP) is 2.88. The molecular weight excluding hydrogens is 322 g/mol. The van der Waals surface area contributed by atoms with Gasteiger partial charge in [-0.25, -0.2) is 8.42 Å². The second-order valence-corrected chi connectivity index (χ2v) is 8.32. The molecule has 1 amide bonds. The van der Waals surface area contributed by atoms with Crippen molar-refractivity contribution in [3.8, 4) is 0 Å². The molecule has 0 aliphatic carbocycles. The predicted molar refractivity (Wildman–Crippen MR) is 96.3 cm³/mol. The Bertz CT molecular complexity index is 794. The SMILES string of the molecule is Cc1ccc(CN(C)C(=O)CS(=O)(=O)Cc2ccc(C)cc2)cc1. The van der Waals surface area contributed by atoms with Gasteiger partial charge in [-0.15, -0.1) is 0 Å². The van der Waals surface area contributed by atoms with Crippen molar-refractivity contribution in [2.45, 2.75) is 26.1 Å². The molecule has 0 spiro atoms. The van der Waals surface area contributed by atoms with E-state index in [1.165, 1.54) is 4.90 Å². The molecule has 24 heavy (non-hydrogen) atoms. The number of hydrogen-bond donors (Lipinski definition) is 0. The van der Waals surface area contributed by atoms with Crippen molar-refractivity contribution in [1.82, 2.24) is 4.90 Å². The van der Waals surface area contributed by atoms with Crippen LogP contribution >= 0.6 is 0 Å². The van der Waals surface area contributed by atoms with Crippen molar-refractivity contribution in [1.29, 1.82) is 0 Å². The van der Waals surface area contributed by atoms with E-state index in [1.807, 2.05) is 50.2 Å². The highest BCUT2D eigenvalue weighted by atomic mass is 32.2. The van der Waals surface area contributed by atoms with E-state index in [4.69, 9.17) is 0 Å². The lowest BCUT2D eigenvalue weighted by Gasteiger charge is -2.17. The monoisotopic (exact) mass is 345 g/mol. The molecule has 2 rings (SSSR count). The van der Waals surface area contributed by atoms with Gasteiger partial charge < -0.3 is 4.90 Å². The van der Waals surface area contributed by atoms with Gasteiger partial charge in [-0.3, -0.25) is 4.79 Å². The number of hydrogen-bond acceptors (Lipinski definition) is 3. The van der Waals surface area contributed by atoms with E-state index in [1.54, 1.807) is 19.2 Å². The van der Waals surface area contributed by atoms with E-state index in [0.29, 0.717) is 12.1 Å². The number of benzene rings is 2. The van der Waals surface area contributed by atoms with Crippen LogP contribution in [0.3, 0.4) is 0 Å². The Kier molecular flexibility index (Phi) is 5.78. The normalized spacial score (nSPS) is 11.3. The van der Waals surface area contributed by atoms with Crippen LogP contribution in [-0.4, -0.2) is 32.0 Å². The molecule has 0 atom stereocenters.